The molecule has 0 saturated heterocycles. The number of rotatable bonds is 13. The van der Waals surface area contributed by atoms with Gasteiger partial charge in [-0.3, -0.25) is 9.59 Å². The summed E-state index contributed by atoms with van der Waals surface area (Å²) in [7, 11) is 4.58. The zero-order chi connectivity index (χ0) is 31.7. The minimum Gasteiger partial charge on any atom is -0.497 e. The highest BCUT2D eigenvalue weighted by Gasteiger charge is 2.31. The Hall–Kier alpha value is -4.80. The van der Waals surface area contributed by atoms with Gasteiger partial charge in [-0.05, 0) is 74.2 Å². The van der Waals surface area contributed by atoms with Crippen LogP contribution in [0.4, 0.5) is 0 Å². The highest BCUT2D eigenvalue weighted by Crippen LogP contribution is 2.37. The van der Waals surface area contributed by atoms with Crippen molar-refractivity contribution in [3.8, 4) is 23.0 Å². The number of methoxy groups -OCH3 is 3. The molecular weight excluding hydrogens is 556 g/mol. The summed E-state index contributed by atoms with van der Waals surface area (Å²) in [6, 6.07) is 12.0. The number of esters is 2. The molecule has 3 rings (SSSR count). The van der Waals surface area contributed by atoms with Gasteiger partial charge in [0.2, 0.25) is 6.79 Å². The molecule has 1 heterocycles. The van der Waals surface area contributed by atoms with E-state index in [-0.39, 0.29) is 23.1 Å². The van der Waals surface area contributed by atoms with E-state index in [4.69, 9.17) is 28.4 Å². The quantitative estimate of drug-likeness (QED) is 0.223. The Bertz CT molecular complexity index is 1400. The maximum absolute atomic E-state index is 13.3. The average molecular weight is 595 g/mol. The molecular formula is C32H38N2O9. The van der Waals surface area contributed by atoms with Crippen molar-refractivity contribution >= 4 is 17.8 Å². The lowest BCUT2D eigenvalue weighted by molar-refractivity contribution is -0.151. The van der Waals surface area contributed by atoms with Crippen LogP contribution in [0.1, 0.15) is 59.4 Å². The molecule has 0 radical (unpaired) electrons. The Morgan fingerprint density at radius 3 is 1.95 bits per heavy atom. The van der Waals surface area contributed by atoms with E-state index in [9.17, 15) is 14.4 Å². The summed E-state index contributed by atoms with van der Waals surface area (Å²) in [5.41, 5.74) is 3.66. The van der Waals surface area contributed by atoms with E-state index in [1.807, 2.05) is 50.2 Å². The fourth-order valence-corrected chi connectivity index (χ4v) is 4.58. The Morgan fingerprint density at radius 1 is 0.860 bits per heavy atom. The summed E-state index contributed by atoms with van der Waals surface area (Å²) in [6.45, 7) is 8.05. The first kappa shape index (κ1) is 32.7. The number of benzene rings is 2. The zero-order valence-corrected chi connectivity index (χ0v) is 25.7. The van der Waals surface area contributed by atoms with Crippen molar-refractivity contribution in [3.63, 3.8) is 0 Å². The topological polar surface area (TPSA) is 132 Å². The van der Waals surface area contributed by atoms with Crippen LogP contribution in [0.25, 0.3) is 0 Å². The van der Waals surface area contributed by atoms with Crippen molar-refractivity contribution < 1.29 is 42.8 Å². The van der Waals surface area contributed by atoms with E-state index < -0.39 is 36.8 Å². The van der Waals surface area contributed by atoms with Crippen LogP contribution in [-0.4, -0.2) is 63.1 Å². The first-order valence-electron chi connectivity index (χ1n) is 13.6. The minimum atomic E-state index is -1.05. The molecule has 11 heteroatoms. The molecule has 230 valence electrons. The first-order chi connectivity index (χ1) is 20.5. The molecule has 3 aromatic rings. The van der Waals surface area contributed by atoms with Crippen LogP contribution in [0.2, 0.25) is 0 Å². The summed E-state index contributed by atoms with van der Waals surface area (Å²) in [5, 5.41) is 2.61. The summed E-state index contributed by atoms with van der Waals surface area (Å²) >= 11 is 0. The fraction of sp³-hybridized carbons (Fsp3) is 0.375. The predicted octanol–water partition coefficient (Wildman–Crippen LogP) is 4.51. The number of aryl methyl sites for hydroxylation is 2. The van der Waals surface area contributed by atoms with E-state index in [2.05, 4.69) is 10.3 Å². The number of nitrogens with one attached hydrogen (secondary N) is 1. The largest absolute Gasteiger partial charge is 0.497 e. The van der Waals surface area contributed by atoms with E-state index >= 15 is 0 Å². The molecule has 0 spiro atoms. The van der Waals surface area contributed by atoms with Gasteiger partial charge in [-0.15, -0.1) is 0 Å². The standard InChI is InChI=1S/C32H38N2O9/c1-18-9-11-23(38-6)15-25(18)28(26-16-24(39-7)12-10-19(26)2)21(4)43-32(37)20(3)34-31(36)29-30(42-17-41-22(5)35)27(40-8)13-14-33-29/h9-16,20-21,28H,17H2,1-8H3,(H,34,36)/t20-,21-/m0/s1. The van der Waals surface area contributed by atoms with Crippen LogP contribution >= 0.6 is 0 Å². The second-order valence-electron chi connectivity index (χ2n) is 9.85. The molecule has 1 aromatic heterocycles. The van der Waals surface area contributed by atoms with E-state index in [0.717, 1.165) is 22.3 Å². The van der Waals surface area contributed by atoms with Crippen LogP contribution in [-0.2, 0) is 19.1 Å². The molecule has 0 aliphatic heterocycles. The van der Waals surface area contributed by atoms with Crippen molar-refractivity contribution in [1.82, 2.24) is 10.3 Å². The lowest BCUT2D eigenvalue weighted by Crippen LogP contribution is -2.42. The van der Waals surface area contributed by atoms with Crippen LogP contribution in [0.5, 0.6) is 23.0 Å². The molecule has 11 nitrogen and oxygen atoms in total. The molecule has 0 aliphatic rings. The van der Waals surface area contributed by atoms with Crippen molar-refractivity contribution in [2.24, 2.45) is 0 Å². The molecule has 43 heavy (non-hydrogen) atoms. The monoisotopic (exact) mass is 594 g/mol. The molecule has 0 bridgehead atoms. The Balaban J connectivity index is 1.87. The van der Waals surface area contributed by atoms with Gasteiger partial charge in [-0.2, -0.15) is 0 Å². The number of carbonyl (C=O) groups excluding carboxylic acids is 3. The molecule has 2 atom stereocenters. The van der Waals surface area contributed by atoms with Crippen molar-refractivity contribution in [2.75, 3.05) is 28.1 Å². The Morgan fingerprint density at radius 2 is 1.44 bits per heavy atom. The van der Waals surface area contributed by atoms with E-state index in [1.54, 1.807) is 21.1 Å². The zero-order valence-electron chi connectivity index (χ0n) is 25.7. The number of ether oxygens (including phenoxy) is 6. The summed E-state index contributed by atoms with van der Waals surface area (Å²) < 4.78 is 32.5. The third-order valence-corrected chi connectivity index (χ3v) is 6.88. The highest BCUT2D eigenvalue weighted by molar-refractivity contribution is 5.98. The number of carbonyl (C=O) groups is 3. The Labute approximate surface area is 251 Å². The number of nitrogens with zero attached hydrogens (tertiary/aromatic N) is 1. The highest BCUT2D eigenvalue weighted by atomic mass is 16.7. The molecule has 1 amide bonds. The van der Waals surface area contributed by atoms with Crippen molar-refractivity contribution in [3.05, 3.63) is 76.6 Å². The summed E-state index contributed by atoms with van der Waals surface area (Å²) in [5.74, 6) is -0.814. The Kier molecular flexibility index (Phi) is 11.3. The average Bonchev–Trinajstić information content (AvgIpc) is 2.98. The maximum Gasteiger partial charge on any atom is 0.328 e. The van der Waals surface area contributed by atoms with Crippen LogP contribution < -0.4 is 24.3 Å². The van der Waals surface area contributed by atoms with Gasteiger partial charge in [0.25, 0.3) is 5.91 Å². The van der Waals surface area contributed by atoms with Gasteiger partial charge in [0.15, 0.2) is 17.2 Å². The maximum atomic E-state index is 13.3. The van der Waals surface area contributed by atoms with Crippen LogP contribution in [0, 0.1) is 13.8 Å². The van der Waals surface area contributed by atoms with Gasteiger partial charge in [0.1, 0.15) is 23.6 Å². The fourth-order valence-electron chi connectivity index (χ4n) is 4.58. The van der Waals surface area contributed by atoms with Gasteiger partial charge in [0, 0.05) is 25.1 Å². The van der Waals surface area contributed by atoms with Crippen molar-refractivity contribution in [2.45, 2.75) is 52.7 Å². The van der Waals surface area contributed by atoms with Gasteiger partial charge < -0.3 is 33.7 Å². The smallest absolute Gasteiger partial charge is 0.328 e. The van der Waals surface area contributed by atoms with Crippen LogP contribution in [0.3, 0.4) is 0 Å². The first-order valence-corrected chi connectivity index (χ1v) is 13.6. The summed E-state index contributed by atoms with van der Waals surface area (Å²) in [6.07, 6.45) is 0.704. The summed E-state index contributed by atoms with van der Waals surface area (Å²) in [4.78, 5) is 41.8. The predicted molar refractivity (Wildman–Crippen MR) is 158 cm³/mol. The number of pyridine rings is 1. The van der Waals surface area contributed by atoms with E-state index in [1.165, 1.54) is 33.2 Å². The number of hydrogen-bond donors (Lipinski definition) is 1. The molecule has 0 saturated carbocycles. The lowest BCUT2D eigenvalue weighted by atomic mass is 9.82. The number of aromatic nitrogens is 1. The SMILES string of the molecule is COc1ccc(C)c(C(c2cc(OC)ccc2C)[C@H](C)OC(=O)[C@H](C)NC(=O)c2nccc(OC)c2OCOC(C)=O)c1. The number of amides is 1. The van der Waals surface area contributed by atoms with E-state index in [0.29, 0.717) is 11.5 Å². The second-order valence-corrected chi connectivity index (χ2v) is 9.85. The number of hydrogen-bond acceptors (Lipinski definition) is 10. The van der Waals surface area contributed by atoms with Gasteiger partial charge in [-0.1, -0.05) is 12.1 Å². The molecule has 1 N–H and O–H groups in total. The third-order valence-electron chi connectivity index (χ3n) is 6.88. The molecule has 2 aromatic carbocycles. The molecule has 0 fully saturated rings. The second kappa shape index (κ2) is 14.9. The van der Waals surface area contributed by atoms with Gasteiger partial charge in [-0.25, -0.2) is 9.78 Å². The van der Waals surface area contributed by atoms with Crippen molar-refractivity contribution in [1.29, 1.82) is 0 Å². The van der Waals surface area contributed by atoms with Gasteiger partial charge in [0.05, 0.1) is 21.3 Å². The minimum absolute atomic E-state index is 0.0419. The molecule has 0 aliphatic carbocycles. The normalized spacial score (nSPS) is 12.1. The molecule has 0 unspecified atom stereocenters. The lowest BCUT2D eigenvalue weighted by Gasteiger charge is -2.29. The third kappa shape index (κ3) is 8.15. The van der Waals surface area contributed by atoms with Crippen LogP contribution in [0.15, 0.2) is 48.7 Å². The van der Waals surface area contributed by atoms with Gasteiger partial charge >= 0.3 is 11.9 Å².